The van der Waals surface area contributed by atoms with Crippen LogP contribution in [0, 0.1) is 5.82 Å². The third-order valence-corrected chi connectivity index (χ3v) is 5.70. The number of amides is 1. The van der Waals surface area contributed by atoms with Crippen molar-refractivity contribution in [2.45, 2.75) is 0 Å². The highest BCUT2D eigenvalue weighted by molar-refractivity contribution is 8.19. The van der Waals surface area contributed by atoms with Gasteiger partial charge < -0.3 is 9.47 Å². The van der Waals surface area contributed by atoms with Gasteiger partial charge in [-0.2, -0.15) is 0 Å². The van der Waals surface area contributed by atoms with E-state index in [1.165, 1.54) is 28.8 Å². The molecule has 2 aliphatic rings. The summed E-state index contributed by atoms with van der Waals surface area (Å²) in [6.45, 7) is 1.01. The Morgan fingerprint density at radius 1 is 0.935 bits per heavy atom. The van der Waals surface area contributed by atoms with Gasteiger partial charge in [-0.3, -0.25) is 9.69 Å². The summed E-state index contributed by atoms with van der Waals surface area (Å²) in [5.41, 5.74) is 2.10. The van der Waals surface area contributed by atoms with E-state index in [2.05, 4.69) is 4.99 Å². The van der Waals surface area contributed by atoms with Gasteiger partial charge in [-0.05, 0) is 71.9 Å². The number of aliphatic imine (C=N–C) groups is 1. The molecule has 0 radical (unpaired) electrons. The minimum atomic E-state index is -0.364. The molecule has 0 bridgehead atoms. The summed E-state index contributed by atoms with van der Waals surface area (Å²) in [4.78, 5) is 20.0. The Kier molecular flexibility index (Phi) is 5.18. The Bertz CT molecular complexity index is 1190. The van der Waals surface area contributed by atoms with Crippen molar-refractivity contribution in [1.82, 2.24) is 0 Å². The maximum absolute atomic E-state index is 13.4. The van der Waals surface area contributed by atoms with E-state index in [1.54, 1.807) is 18.2 Å². The number of anilines is 1. The molecule has 0 unspecified atom stereocenters. The van der Waals surface area contributed by atoms with Crippen LogP contribution in [0.15, 0.2) is 82.7 Å². The van der Waals surface area contributed by atoms with Crippen molar-refractivity contribution in [3.63, 3.8) is 0 Å². The van der Waals surface area contributed by atoms with E-state index in [-0.39, 0.29) is 11.7 Å². The molecular formula is C24H17FN2O3S. The van der Waals surface area contributed by atoms with Gasteiger partial charge in [0.25, 0.3) is 5.91 Å². The molecule has 5 nitrogen and oxygen atoms in total. The molecule has 0 aromatic heterocycles. The number of amidine groups is 1. The molecular weight excluding hydrogens is 415 g/mol. The second-order valence-electron chi connectivity index (χ2n) is 6.86. The quantitative estimate of drug-likeness (QED) is 0.520. The van der Waals surface area contributed by atoms with E-state index in [0.717, 1.165) is 11.3 Å². The standard InChI is InChI=1S/C24H17FN2O3S/c25-17-7-9-19(10-8-17)27-23(28)22(31-24(27)26-18-4-2-1-3-5-18)15-16-6-11-20-21(14-16)30-13-12-29-20/h1-11,14-15H,12-13H2/b22-15-,26-24?. The Morgan fingerprint density at radius 2 is 1.68 bits per heavy atom. The van der Waals surface area contributed by atoms with Crippen LogP contribution in [0.3, 0.4) is 0 Å². The lowest BCUT2D eigenvalue weighted by Crippen LogP contribution is -2.28. The lowest BCUT2D eigenvalue weighted by atomic mass is 10.1. The fourth-order valence-electron chi connectivity index (χ4n) is 3.28. The smallest absolute Gasteiger partial charge is 0.271 e. The van der Waals surface area contributed by atoms with Crippen molar-refractivity contribution in [1.29, 1.82) is 0 Å². The number of benzene rings is 3. The van der Waals surface area contributed by atoms with Gasteiger partial charge in [0, 0.05) is 0 Å². The van der Waals surface area contributed by atoms with Crippen molar-refractivity contribution in [2.75, 3.05) is 18.1 Å². The summed E-state index contributed by atoms with van der Waals surface area (Å²) >= 11 is 1.27. The molecule has 2 heterocycles. The first-order valence-electron chi connectivity index (χ1n) is 9.70. The lowest BCUT2D eigenvalue weighted by Gasteiger charge is -2.18. The number of hydrogen-bond acceptors (Lipinski definition) is 5. The molecule has 0 N–H and O–H groups in total. The van der Waals surface area contributed by atoms with E-state index in [4.69, 9.17) is 9.47 Å². The Labute approximate surface area is 182 Å². The van der Waals surface area contributed by atoms with E-state index < -0.39 is 0 Å². The van der Waals surface area contributed by atoms with E-state index in [0.29, 0.717) is 40.5 Å². The van der Waals surface area contributed by atoms with Crippen molar-refractivity contribution in [3.05, 3.63) is 89.1 Å². The van der Waals surface area contributed by atoms with Gasteiger partial charge in [0.2, 0.25) is 0 Å². The number of hydrogen-bond donors (Lipinski definition) is 0. The van der Waals surface area contributed by atoms with E-state index in [1.807, 2.05) is 48.5 Å². The summed E-state index contributed by atoms with van der Waals surface area (Å²) in [6.07, 6.45) is 1.80. The van der Waals surface area contributed by atoms with E-state index in [9.17, 15) is 9.18 Å². The fourth-order valence-corrected chi connectivity index (χ4v) is 4.28. The van der Waals surface area contributed by atoms with Gasteiger partial charge in [-0.15, -0.1) is 0 Å². The second kappa shape index (κ2) is 8.28. The van der Waals surface area contributed by atoms with Crippen LogP contribution in [0.5, 0.6) is 11.5 Å². The number of thioether (sulfide) groups is 1. The van der Waals surface area contributed by atoms with Gasteiger partial charge >= 0.3 is 0 Å². The minimum absolute atomic E-state index is 0.221. The third kappa shape index (κ3) is 4.04. The molecule has 2 aliphatic heterocycles. The molecule has 0 atom stereocenters. The molecule has 5 rings (SSSR count). The summed E-state index contributed by atoms with van der Waals surface area (Å²) in [5.74, 6) is 0.764. The monoisotopic (exact) mass is 432 g/mol. The van der Waals surface area contributed by atoms with Gasteiger partial charge in [0.05, 0.1) is 16.3 Å². The molecule has 1 saturated heterocycles. The molecule has 0 spiro atoms. The maximum atomic E-state index is 13.4. The summed E-state index contributed by atoms with van der Waals surface area (Å²) in [6, 6.07) is 20.8. The van der Waals surface area contributed by atoms with Crippen LogP contribution in [-0.4, -0.2) is 24.3 Å². The van der Waals surface area contributed by atoms with Gasteiger partial charge in [-0.25, -0.2) is 9.38 Å². The zero-order chi connectivity index (χ0) is 21.2. The molecule has 3 aromatic rings. The van der Waals surface area contributed by atoms with Crippen LogP contribution in [-0.2, 0) is 4.79 Å². The molecule has 154 valence electrons. The number of rotatable bonds is 3. The number of ether oxygens (including phenoxy) is 2. The second-order valence-corrected chi connectivity index (χ2v) is 7.87. The van der Waals surface area contributed by atoms with Crippen LogP contribution in [0.1, 0.15) is 5.56 Å². The van der Waals surface area contributed by atoms with Crippen LogP contribution in [0.2, 0.25) is 0 Å². The average Bonchev–Trinajstić information content (AvgIpc) is 3.09. The van der Waals surface area contributed by atoms with Crippen LogP contribution < -0.4 is 14.4 Å². The normalized spacial score (nSPS) is 18.1. The Hall–Kier alpha value is -3.58. The Morgan fingerprint density at radius 3 is 2.45 bits per heavy atom. The number of carbonyl (C=O) groups is 1. The van der Waals surface area contributed by atoms with Gasteiger partial charge in [0.15, 0.2) is 16.7 Å². The SMILES string of the molecule is O=C1/C(=C/c2ccc3c(c2)OCCO3)SC(=Nc2ccccc2)N1c1ccc(F)cc1. The molecule has 0 aliphatic carbocycles. The van der Waals surface area contributed by atoms with Crippen LogP contribution >= 0.6 is 11.8 Å². The molecule has 3 aromatic carbocycles. The predicted octanol–water partition coefficient (Wildman–Crippen LogP) is 5.41. The first kappa shape index (κ1) is 19.4. The molecule has 1 fully saturated rings. The highest BCUT2D eigenvalue weighted by Gasteiger charge is 2.34. The lowest BCUT2D eigenvalue weighted by molar-refractivity contribution is -0.113. The number of para-hydroxylation sites is 1. The summed E-state index contributed by atoms with van der Waals surface area (Å²) in [5, 5.41) is 0.506. The number of carbonyl (C=O) groups excluding carboxylic acids is 1. The first-order chi connectivity index (χ1) is 15.2. The number of fused-ring (bicyclic) bond motifs is 1. The van der Waals surface area contributed by atoms with Crippen molar-refractivity contribution >= 4 is 40.3 Å². The largest absolute Gasteiger partial charge is 0.486 e. The topological polar surface area (TPSA) is 51.1 Å². The molecule has 31 heavy (non-hydrogen) atoms. The zero-order valence-electron chi connectivity index (χ0n) is 16.3. The molecule has 1 amide bonds. The van der Waals surface area contributed by atoms with Crippen molar-refractivity contribution < 1.29 is 18.7 Å². The number of halogens is 1. The predicted molar refractivity (Wildman–Crippen MR) is 120 cm³/mol. The van der Waals surface area contributed by atoms with E-state index >= 15 is 0 Å². The van der Waals surface area contributed by atoms with Crippen molar-refractivity contribution in [3.8, 4) is 11.5 Å². The average molecular weight is 432 g/mol. The highest BCUT2D eigenvalue weighted by atomic mass is 32.2. The van der Waals surface area contributed by atoms with Gasteiger partial charge in [-0.1, -0.05) is 24.3 Å². The summed E-state index contributed by atoms with van der Waals surface area (Å²) in [7, 11) is 0. The highest BCUT2D eigenvalue weighted by Crippen LogP contribution is 2.38. The van der Waals surface area contributed by atoms with Crippen LogP contribution in [0.4, 0.5) is 15.8 Å². The number of nitrogens with zero attached hydrogens (tertiary/aromatic N) is 2. The van der Waals surface area contributed by atoms with Gasteiger partial charge in [0.1, 0.15) is 19.0 Å². The van der Waals surface area contributed by atoms with Crippen molar-refractivity contribution in [2.24, 2.45) is 4.99 Å². The summed E-state index contributed by atoms with van der Waals surface area (Å²) < 4.78 is 24.6. The first-order valence-corrected chi connectivity index (χ1v) is 10.5. The Balaban J connectivity index is 1.53. The van der Waals surface area contributed by atoms with Crippen LogP contribution in [0.25, 0.3) is 6.08 Å². The fraction of sp³-hybridized carbons (Fsp3) is 0.0833. The third-order valence-electron chi connectivity index (χ3n) is 4.74. The zero-order valence-corrected chi connectivity index (χ0v) is 17.1. The molecule has 0 saturated carbocycles. The maximum Gasteiger partial charge on any atom is 0.271 e. The molecule has 7 heteroatoms. The minimum Gasteiger partial charge on any atom is -0.486 e.